The fourth-order valence-corrected chi connectivity index (χ4v) is 3.63. The number of rotatable bonds is 4. The summed E-state index contributed by atoms with van der Waals surface area (Å²) in [5.41, 5.74) is 6.16. The monoisotopic (exact) mass is 255 g/mol. The van der Waals surface area contributed by atoms with E-state index in [0.717, 1.165) is 13.0 Å². The molecular formula is C14H29N3O. The Kier molecular flexibility index (Phi) is 4.64. The summed E-state index contributed by atoms with van der Waals surface area (Å²) in [6.45, 7) is 9.62. The summed E-state index contributed by atoms with van der Waals surface area (Å²) < 4.78 is 5.78. The van der Waals surface area contributed by atoms with Gasteiger partial charge in [-0.05, 0) is 52.9 Å². The van der Waals surface area contributed by atoms with E-state index in [0.29, 0.717) is 12.6 Å². The van der Waals surface area contributed by atoms with Crippen LogP contribution in [0.5, 0.6) is 0 Å². The van der Waals surface area contributed by atoms with Crippen LogP contribution < -0.4 is 5.73 Å². The molecule has 2 aliphatic heterocycles. The van der Waals surface area contributed by atoms with E-state index in [2.05, 4.69) is 30.7 Å². The Labute approximate surface area is 111 Å². The largest absolute Gasteiger partial charge is 0.376 e. The first-order chi connectivity index (χ1) is 8.64. The standard InChI is InChI=1S/C14H29N3O/c1-4-17-8-5-13(6-9-17)16(3)14(11-15)7-10-18-12(14)2/h12-13H,4-11,15H2,1-3H3. The lowest BCUT2D eigenvalue weighted by molar-refractivity contribution is -0.00965. The van der Waals surface area contributed by atoms with E-state index < -0.39 is 0 Å². The van der Waals surface area contributed by atoms with Crippen molar-refractivity contribution < 1.29 is 4.74 Å². The predicted molar refractivity (Wildman–Crippen MR) is 74.7 cm³/mol. The number of likely N-dealkylation sites (N-methyl/N-ethyl adjacent to an activating group) is 1. The molecule has 2 rings (SSSR count). The lowest BCUT2D eigenvalue weighted by atomic mass is 9.87. The average Bonchev–Trinajstić information content (AvgIpc) is 2.80. The lowest BCUT2D eigenvalue weighted by Gasteiger charge is -2.47. The van der Waals surface area contributed by atoms with Crippen molar-refractivity contribution in [2.24, 2.45) is 5.73 Å². The van der Waals surface area contributed by atoms with E-state index >= 15 is 0 Å². The molecule has 2 atom stereocenters. The van der Waals surface area contributed by atoms with Gasteiger partial charge in [0.25, 0.3) is 0 Å². The minimum absolute atomic E-state index is 0.0685. The van der Waals surface area contributed by atoms with Gasteiger partial charge in [0, 0.05) is 19.2 Å². The number of nitrogens with zero attached hydrogens (tertiary/aromatic N) is 2. The summed E-state index contributed by atoms with van der Waals surface area (Å²) in [5.74, 6) is 0. The fourth-order valence-electron chi connectivity index (χ4n) is 3.63. The molecule has 0 radical (unpaired) electrons. The first-order valence-electron chi connectivity index (χ1n) is 7.41. The van der Waals surface area contributed by atoms with Crippen LogP contribution in [-0.2, 0) is 4.74 Å². The van der Waals surface area contributed by atoms with Crippen molar-refractivity contribution in [2.75, 3.05) is 39.8 Å². The van der Waals surface area contributed by atoms with E-state index in [9.17, 15) is 0 Å². The fraction of sp³-hybridized carbons (Fsp3) is 1.00. The summed E-state index contributed by atoms with van der Waals surface area (Å²) in [4.78, 5) is 5.08. The Balaban J connectivity index is 2.00. The smallest absolute Gasteiger partial charge is 0.0743 e. The van der Waals surface area contributed by atoms with Crippen LogP contribution in [0.3, 0.4) is 0 Å². The van der Waals surface area contributed by atoms with Crippen molar-refractivity contribution in [1.82, 2.24) is 9.80 Å². The van der Waals surface area contributed by atoms with Gasteiger partial charge in [0.1, 0.15) is 0 Å². The summed E-state index contributed by atoms with van der Waals surface area (Å²) >= 11 is 0. The number of nitrogens with two attached hydrogens (primary N) is 1. The number of hydrogen-bond acceptors (Lipinski definition) is 4. The molecule has 2 saturated heterocycles. The molecule has 18 heavy (non-hydrogen) atoms. The normalized spacial score (nSPS) is 35.5. The molecule has 4 heteroatoms. The highest BCUT2D eigenvalue weighted by Gasteiger charge is 2.46. The Hall–Kier alpha value is -0.160. The molecule has 2 N–H and O–H groups in total. The van der Waals surface area contributed by atoms with E-state index in [1.54, 1.807) is 0 Å². The predicted octanol–water partition coefficient (Wildman–Crippen LogP) is 0.909. The lowest BCUT2D eigenvalue weighted by Crippen LogP contribution is -2.61. The molecule has 0 saturated carbocycles. The van der Waals surface area contributed by atoms with Crippen LogP contribution in [0.25, 0.3) is 0 Å². The molecule has 2 unspecified atom stereocenters. The van der Waals surface area contributed by atoms with Gasteiger partial charge in [-0.25, -0.2) is 0 Å². The SMILES string of the molecule is CCN1CCC(N(C)C2(CN)CCOC2C)CC1. The Bertz CT molecular complexity index is 266. The van der Waals surface area contributed by atoms with Gasteiger partial charge >= 0.3 is 0 Å². The zero-order chi connectivity index (χ0) is 13.2. The molecule has 0 aliphatic carbocycles. The van der Waals surface area contributed by atoms with Gasteiger partial charge in [0.15, 0.2) is 0 Å². The zero-order valence-electron chi connectivity index (χ0n) is 12.2. The Morgan fingerprint density at radius 1 is 1.39 bits per heavy atom. The van der Waals surface area contributed by atoms with Crippen molar-refractivity contribution in [3.05, 3.63) is 0 Å². The van der Waals surface area contributed by atoms with Crippen LogP contribution in [0.4, 0.5) is 0 Å². The maximum atomic E-state index is 6.09. The third-order valence-corrected chi connectivity index (χ3v) is 5.27. The van der Waals surface area contributed by atoms with Crippen LogP contribution in [-0.4, -0.2) is 67.3 Å². The van der Waals surface area contributed by atoms with Gasteiger partial charge in [0.05, 0.1) is 11.6 Å². The van der Waals surface area contributed by atoms with Crippen molar-refractivity contribution in [3.8, 4) is 0 Å². The zero-order valence-corrected chi connectivity index (χ0v) is 12.2. The van der Waals surface area contributed by atoms with Crippen LogP contribution in [0, 0.1) is 0 Å². The highest BCUT2D eigenvalue weighted by molar-refractivity contribution is 5.02. The van der Waals surface area contributed by atoms with Crippen molar-refractivity contribution in [2.45, 2.75) is 50.8 Å². The number of ether oxygens (including phenoxy) is 1. The highest BCUT2D eigenvalue weighted by atomic mass is 16.5. The Morgan fingerprint density at radius 3 is 2.50 bits per heavy atom. The van der Waals surface area contributed by atoms with E-state index in [-0.39, 0.29) is 11.6 Å². The topological polar surface area (TPSA) is 41.7 Å². The molecule has 2 heterocycles. The second-order valence-electron chi connectivity index (χ2n) is 5.85. The third kappa shape index (κ3) is 2.44. The molecular weight excluding hydrogens is 226 g/mol. The molecule has 0 amide bonds. The molecule has 0 aromatic heterocycles. The third-order valence-electron chi connectivity index (χ3n) is 5.27. The maximum Gasteiger partial charge on any atom is 0.0743 e. The number of piperidine rings is 1. The van der Waals surface area contributed by atoms with Gasteiger partial charge in [-0.1, -0.05) is 6.92 Å². The first-order valence-corrected chi connectivity index (χ1v) is 7.41. The minimum atomic E-state index is 0.0685. The van der Waals surface area contributed by atoms with Crippen LogP contribution in [0.15, 0.2) is 0 Å². The van der Waals surface area contributed by atoms with Crippen molar-refractivity contribution >= 4 is 0 Å². The van der Waals surface area contributed by atoms with Crippen LogP contribution in [0.1, 0.15) is 33.1 Å². The van der Waals surface area contributed by atoms with Crippen LogP contribution in [0.2, 0.25) is 0 Å². The highest BCUT2D eigenvalue weighted by Crippen LogP contribution is 2.33. The molecule has 0 spiro atoms. The summed E-state index contributed by atoms with van der Waals surface area (Å²) in [6.07, 6.45) is 3.86. The van der Waals surface area contributed by atoms with Gasteiger partial charge in [-0.15, -0.1) is 0 Å². The molecule has 2 aliphatic rings. The minimum Gasteiger partial charge on any atom is -0.376 e. The number of likely N-dealkylation sites (tertiary alicyclic amines) is 1. The molecule has 0 bridgehead atoms. The van der Waals surface area contributed by atoms with Gasteiger partial charge in [-0.2, -0.15) is 0 Å². The average molecular weight is 255 g/mol. The summed E-state index contributed by atoms with van der Waals surface area (Å²) in [6, 6.07) is 0.667. The second kappa shape index (κ2) is 5.87. The molecule has 0 aromatic rings. The maximum absolute atomic E-state index is 6.09. The van der Waals surface area contributed by atoms with Crippen molar-refractivity contribution in [3.63, 3.8) is 0 Å². The molecule has 0 aromatic carbocycles. The number of hydrogen-bond donors (Lipinski definition) is 1. The second-order valence-corrected chi connectivity index (χ2v) is 5.85. The van der Waals surface area contributed by atoms with Gasteiger partial charge in [0.2, 0.25) is 0 Å². The van der Waals surface area contributed by atoms with E-state index in [1.807, 2.05) is 0 Å². The summed E-state index contributed by atoms with van der Waals surface area (Å²) in [5, 5.41) is 0. The van der Waals surface area contributed by atoms with Gasteiger partial charge in [-0.3, -0.25) is 4.90 Å². The van der Waals surface area contributed by atoms with Gasteiger partial charge < -0.3 is 15.4 Å². The van der Waals surface area contributed by atoms with E-state index in [1.165, 1.54) is 32.5 Å². The quantitative estimate of drug-likeness (QED) is 0.811. The molecule has 106 valence electrons. The molecule has 2 fully saturated rings. The van der Waals surface area contributed by atoms with E-state index in [4.69, 9.17) is 10.5 Å². The summed E-state index contributed by atoms with van der Waals surface area (Å²) in [7, 11) is 2.25. The van der Waals surface area contributed by atoms with Crippen molar-refractivity contribution in [1.29, 1.82) is 0 Å². The first kappa shape index (κ1) is 14.3. The Morgan fingerprint density at radius 2 is 2.06 bits per heavy atom. The molecule has 4 nitrogen and oxygen atoms in total. The van der Waals surface area contributed by atoms with Crippen LogP contribution >= 0.6 is 0 Å².